The van der Waals surface area contributed by atoms with Crippen molar-refractivity contribution in [2.45, 2.75) is 13.8 Å². The molecule has 0 nitrogen and oxygen atoms in total. The molecule has 2 rings (SSSR count). The standard InChI is InChI=1S/C11H11S2/c1-8-9(2)13-11(12-8)10-6-4-3-5-7-10/h3-7H,1-2H3/q+1. The van der Waals surface area contributed by atoms with Gasteiger partial charge in [0.1, 0.15) is 9.75 Å². The van der Waals surface area contributed by atoms with Crippen LogP contribution in [0.15, 0.2) is 30.3 Å². The van der Waals surface area contributed by atoms with Crippen molar-refractivity contribution in [1.29, 1.82) is 0 Å². The van der Waals surface area contributed by atoms with Gasteiger partial charge in [0.15, 0.2) is 0 Å². The first-order valence-electron chi connectivity index (χ1n) is 4.23. The van der Waals surface area contributed by atoms with Crippen LogP contribution in [-0.4, -0.2) is 0 Å². The van der Waals surface area contributed by atoms with E-state index in [9.17, 15) is 0 Å². The van der Waals surface area contributed by atoms with Crippen LogP contribution in [0.4, 0.5) is 0 Å². The second-order valence-electron chi connectivity index (χ2n) is 2.97. The van der Waals surface area contributed by atoms with Crippen molar-refractivity contribution < 1.29 is 0 Å². The fourth-order valence-electron chi connectivity index (χ4n) is 1.13. The summed E-state index contributed by atoms with van der Waals surface area (Å²) in [7, 11) is 0. The lowest BCUT2D eigenvalue weighted by molar-refractivity contribution is 1.51. The summed E-state index contributed by atoms with van der Waals surface area (Å²) in [5.41, 5.74) is 1.34. The molecule has 0 bridgehead atoms. The maximum atomic E-state index is 2.18. The average Bonchev–Trinajstić information content (AvgIpc) is 2.49. The zero-order valence-electron chi connectivity index (χ0n) is 7.70. The van der Waals surface area contributed by atoms with Crippen LogP contribution in [0.3, 0.4) is 0 Å². The molecule has 0 aliphatic carbocycles. The summed E-state index contributed by atoms with van der Waals surface area (Å²) >= 11 is 3.77. The maximum Gasteiger partial charge on any atom is 0.285 e. The molecule has 0 saturated heterocycles. The Bertz CT molecular complexity index is 382. The second kappa shape index (κ2) is 3.56. The van der Waals surface area contributed by atoms with E-state index in [2.05, 4.69) is 44.2 Å². The Kier molecular flexibility index (Phi) is 2.42. The highest BCUT2D eigenvalue weighted by molar-refractivity contribution is 7.36. The lowest BCUT2D eigenvalue weighted by atomic mass is 10.2. The number of aryl methyl sites for hydroxylation is 2. The third-order valence-corrected chi connectivity index (χ3v) is 4.69. The van der Waals surface area contributed by atoms with E-state index in [4.69, 9.17) is 0 Å². The summed E-state index contributed by atoms with van der Waals surface area (Å²) in [5, 5.41) is 0. The summed E-state index contributed by atoms with van der Waals surface area (Å²) in [4.78, 5) is 2.87. The highest BCUT2D eigenvalue weighted by atomic mass is 32.2. The normalized spacial score (nSPS) is 10.3. The fraction of sp³-hybridized carbons (Fsp3) is 0.182. The minimum absolute atomic E-state index is 1.34. The topological polar surface area (TPSA) is 0 Å². The van der Waals surface area contributed by atoms with Gasteiger partial charge in [-0.05, 0) is 26.0 Å². The van der Waals surface area contributed by atoms with Crippen LogP contribution in [0.5, 0.6) is 0 Å². The van der Waals surface area contributed by atoms with E-state index in [1.54, 1.807) is 0 Å². The SMILES string of the molecule is Cc1sc(-c2ccccc2)[s+]c1C. The molecular formula is C11H11S2+. The van der Waals surface area contributed by atoms with E-state index in [1.807, 2.05) is 22.7 Å². The monoisotopic (exact) mass is 207 g/mol. The van der Waals surface area contributed by atoms with Gasteiger partial charge in [0.25, 0.3) is 4.19 Å². The maximum absolute atomic E-state index is 2.18. The first-order chi connectivity index (χ1) is 6.27. The van der Waals surface area contributed by atoms with E-state index in [-0.39, 0.29) is 0 Å². The van der Waals surface area contributed by atoms with Gasteiger partial charge in [0, 0.05) is 5.56 Å². The van der Waals surface area contributed by atoms with Gasteiger partial charge >= 0.3 is 0 Å². The van der Waals surface area contributed by atoms with Crippen LogP contribution in [0, 0.1) is 13.8 Å². The minimum atomic E-state index is 1.34. The van der Waals surface area contributed by atoms with E-state index in [1.165, 1.54) is 19.5 Å². The van der Waals surface area contributed by atoms with Gasteiger partial charge < -0.3 is 0 Å². The minimum Gasteiger partial charge on any atom is -0.0622 e. The van der Waals surface area contributed by atoms with Crippen LogP contribution in [0.25, 0.3) is 9.75 Å². The van der Waals surface area contributed by atoms with E-state index in [0.29, 0.717) is 0 Å². The van der Waals surface area contributed by atoms with Gasteiger partial charge in [0.2, 0.25) is 0 Å². The number of hydrogen-bond acceptors (Lipinski definition) is 1. The largest absolute Gasteiger partial charge is 0.285 e. The average molecular weight is 207 g/mol. The zero-order valence-corrected chi connectivity index (χ0v) is 9.34. The Balaban J connectivity index is 2.48. The van der Waals surface area contributed by atoms with Crippen LogP contribution in [0.1, 0.15) is 9.75 Å². The summed E-state index contributed by atoms with van der Waals surface area (Å²) in [5.74, 6) is 0. The molecule has 0 saturated carbocycles. The quantitative estimate of drug-likeness (QED) is 0.609. The number of hydrogen-bond donors (Lipinski definition) is 0. The van der Waals surface area contributed by atoms with Crippen LogP contribution < -0.4 is 0 Å². The Morgan fingerprint density at radius 2 is 1.77 bits per heavy atom. The molecule has 1 aromatic heterocycles. The Labute approximate surface area is 86.5 Å². The molecular weight excluding hydrogens is 196 g/mol. The smallest absolute Gasteiger partial charge is 0.0622 e. The molecule has 0 aliphatic heterocycles. The third kappa shape index (κ3) is 1.79. The van der Waals surface area contributed by atoms with Crippen molar-refractivity contribution in [2.75, 3.05) is 0 Å². The molecule has 0 atom stereocenters. The molecule has 0 aliphatic rings. The summed E-state index contributed by atoms with van der Waals surface area (Å²) in [6, 6.07) is 10.6. The van der Waals surface area contributed by atoms with Gasteiger partial charge in [-0.15, -0.1) is 0 Å². The zero-order chi connectivity index (χ0) is 9.26. The van der Waals surface area contributed by atoms with Crippen LogP contribution >= 0.6 is 22.7 Å². The molecule has 0 N–H and O–H groups in total. The molecule has 0 spiro atoms. The predicted octanol–water partition coefficient (Wildman–Crippen LogP) is 4.37. The van der Waals surface area contributed by atoms with Crippen molar-refractivity contribution in [3.63, 3.8) is 0 Å². The molecule has 2 heteroatoms. The summed E-state index contributed by atoms with van der Waals surface area (Å²) in [6.07, 6.45) is 0. The summed E-state index contributed by atoms with van der Waals surface area (Å²) in [6.45, 7) is 4.37. The molecule has 0 radical (unpaired) electrons. The first-order valence-corrected chi connectivity index (χ1v) is 5.86. The van der Waals surface area contributed by atoms with Crippen molar-refractivity contribution in [3.8, 4) is 9.75 Å². The van der Waals surface area contributed by atoms with Crippen molar-refractivity contribution in [3.05, 3.63) is 40.1 Å². The predicted molar refractivity (Wildman–Crippen MR) is 61.5 cm³/mol. The number of rotatable bonds is 1. The Morgan fingerprint density at radius 3 is 2.31 bits per heavy atom. The lowest BCUT2D eigenvalue weighted by Gasteiger charge is -1.85. The third-order valence-electron chi connectivity index (χ3n) is 2.00. The Morgan fingerprint density at radius 1 is 1.08 bits per heavy atom. The van der Waals surface area contributed by atoms with E-state index >= 15 is 0 Å². The lowest BCUT2D eigenvalue weighted by Crippen LogP contribution is -1.65. The van der Waals surface area contributed by atoms with E-state index in [0.717, 1.165) is 0 Å². The molecule has 2 aromatic rings. The molecule has 1 heterocycles. The van der Waals surface area contributed by atoms with Gasteiger partial charge in [-0.2, -0.15) is 0 Å². The molecule has 0 amide bonds. The van der Waals surface area contributed by atoms with Gasteiger partial charge in [-0.3, -0.25) is 0 Å². The molecule has 13 heavy (non-hydrogen) atoms. The molecule has 0 fully saturated rings. The van der Waals surface area contributed by atoms with E-state index < -0.39 is 0 Å². The van der Waals surface area contributed by atoms with Gasteiger partial charge in [-0.25, -0.2) is 0 Å². The molecule has 1 aromatic carbocycles. The number of benzene rings is 1. The fourth-order valence-corrected chi connectivity index (χ4v) is 3.65. The van der Waals surface area contributed by atoms with Crippen molar-refractivity contribution in [1.82, 2.24) is 0 Å². The van der Waals surface area contributed by atoms with Crippen LogP contribution in [0.2, 0.25) is 0 Å². The Hall–Kier alpha value is -0.730. The van der Waals surface area contributed by atoms with Gasteiger partial charge in [0.05, 0.1) is 22.7 Å². The second-order valence-corrected chi connectivity index (χ2v) is 5.68. The van der Waals surface area contributed by atoms with Gasteiger partial charge in [-0.1, -0.05) is 18.2 Å². The van der Waals surface area contributed by atoms with Crippen molar-refractivity contribution >= 4 is 22.7 Å². The van der Waals surface area contributed by atoms with Crippen molar-refractivity contribution in [2.24, 2.45) is 0 Å². The highest BCUT2D eigenvalue weighted by Gasteiger charge is 2.17. The summed E-state index contributed by atoms with van der Waals surface area (Å²) < 4.78 is 1.41. The molecule has 0 unspecified atom stereocenters. The molecule has 66 valence electrons. The first kappa shape index (κ1) is 8.85. The highest BCUT2D eigenvalue weighted by Crippen LogP contribution is 2.35. The van der Waals surface area contributed by atoms with Crippen LogP contribution in [-0.2, 0) is 0 Å².